The molecule has 0 spiro atoms. The van der Waals surface area contributed by atoms with Gasteiger partial charge in [0.15, 0.2) is 11.5 Å². The molecule has 4 heteroatoms. The number of rotatable bonds is 11. The van der Waals surface area contributed by atoms with E-state index in [0.29, 0.717) is 17.2 Å². The van der Waals surface area contributed by atoms with E-state index in [1.807, 2.05) is 18.2 Å². The quantitative estimate of drug-likeness (QED) is 0.412. The Morgan fingerprint density at radius 3 is 1.71 bits per heavy atom. The molecule has 3 aromatic rings. The van der Waals surface area contributed by atoms with Gasteiger partial charge in [-0.05, 0) is 61.4 Å². The Balaban J connectivity index is 1.81. The average molecular weight is 420 g/mol. The van der Waals surface area contributed by atoms with Crippen molar-refractivity contribution in [3.8, 4) is 23.0 Å². The van der Waals surface area contributed by atoms with Gasteiger partial charge in [0.25, 0.3) is 0 Å². The third-order valence-corrected chi connectivity index (χ3v) is 5.43. The predicted octanol–water partition coefficient (Wildman–Crippen LogP) is 5.48. The second-order valence-electron chi connectivity index (χ2n) is 7.37. The SMILES string of the molecule is COc1ccc(CCc2[c]c(CCCc3ccccc3)c(OC)c(OC)c2OC)cc1. The lowest BCUT2D eigenvalue weighted by Gasteiger charge is -2.19. The van der Waals surface area contributed by atoms with Gasteiger partial charge >= 0.3 is 0 Å². The van der Waals surface area contributed by atoms with Crippen molar-refractivity contribution in [1.29, 1.82) is 0 Å². The van der Waals surface area contributed by atoms with Gasteiger partial charge in [-0.15, -0.1) is 0 Å². The Hall–Kier alpha value is -3.14. The molecule has 0 saturated heterocycles. The van der Waals surface area contributed by atoms with Crippen LogP contribution in [-0.4, -0.2) is 28.4 Å². The molecule has 0 aromatic heterocycles. The van der Waals surface area contributed by atoms with E-state index in [-0.39, 0.29) is 0 Å². The molecule has 0 unspecified atom stereocenters. The van der Waals surface area contributed by atoms with Gasteiger partial charge in [0.2, 0.25) is 5.75 Å². The van der Waals surface area contributed by atoms with E-state index in [1.54, 1.807) is 28.4 Å². The average Bonchev–Trinajstić information content (AvgIpc) is 2.83. The fourth-order valence-corrected chi connectivity index (χ4v) is 3.82. The van der Waals surface area contributed by atoms with Crippen molar-refractivity contribution in [2.45, 2.75) is 32.1 Å². The number of benzene rings is 3. The van der Waals surface area contributed by atoms with Crippen molar-refractivity contribution in [3.63, 3.8) is 0 Å². The number of hydrogen-bond acceptors (Lipinski definition) is 4. The van der Waals surface area contributed by atoms with Gasteiger partial charge in [0.1, 0.15) is 5.75 Å². The second-order valence-corrected chi connectivity index (χ2v) is 7.37. The van der Waals surface area contributed by atoms with Crippen LogP contribution in [0.15, 0.2) is 54.6 Å². The van der Waals surface area contributed by atoms with Crippen molar-refractivity contribution >= 4 is 0 Å². The van der Waals surface area contributed by atoms with Crippen LogP contribution in [0.2, 0.25) is 0 Å². The highest BCUT2D eigenvalue weighted by atomic mass is 16.5. The first kappa shape index (κ1) is 22.5. The summed E-state index contributed by atoms with van der Waals surface area (Å²) in [5.41, 5.74) is 4.60. The largest absolute Gasteiger partial charge is 0.497 e. The third-order valence-electron chi connectivity index (χ3n) is 5.43. The fourth-order valence-electron chi connectivity index (χ4n) is 3.82. The van der Waals surface area contributed by atoms with Crippen LogP contribution in [-0.2, 0) is 25.7 Å². The topological polar surface area (TPSA) is 36.9 Å². The van der Waals surface area contributed by atoms with Crippen LogP contribution in [0.25, 0.3) is 0 Å². The minimum atomic E-state index is 0.642. The first-order valence-corrected chi connectivity index (χ1v) is 10.6. The zero-order valence-corrected chi connectivity index (χ0v) is 18.9. The maximum atomic E-state index is 5.71. The van der Waals surface area contributed by atoms with Crippen molar-refractivity contribution < 1.29 is 18.9 Å². The zero-order valence-electron chi connectivity index (χ0n) is 18.9. The Kier molecular flexibility index (Phi) is 8.22. The lowest BCUT2D eigenvalue weighted by molar-refractivity contribution is 0.319. The molecule has 0 heterocycles. The molecule has 0 aliphatic carbocycles. The van der Waals surface area contributed by atoms with Crippen LogP contribution in [0.3, 0.4) is 0 Å². The molecular formula is C27H31O4. The Morgan fingerprint density at radius 2 is 1.13 bits per heavy atom. The van der Waals surface area contributed by atoms with Gasteiger partial charge in [-0.25, -0.2) is 0 Å². The maximum absolute atomic E-state index is 5.71. The van der Waals surface area contributed by atoms with Crippen LogP contribution in [0.5, 0.6) is 23.0 Å². The van der Waals surface area contributed by atoms with Gasteiger partial charge < -0.3 is 18.9 Å². The van der Waals surface area contributed by atoms with Crippen molar-refractivity contribution in [2.24, 2.45) is 0 Å². The monoisotopic (exact) mass is 419 g/mol. The molecule has 0 bridgehead atoms. The molecule has 3 rings (SSSR count). The summed E-state index contributed by atoms with van der Waals surface area (Å²) in [6, 6.07) is 22.3. The molecule has 0 N–H and O–H groups in total. The van der Waals surface area contributed by atoms with E-state index < -0.39 is 0 Å². The van der Waals surface area contributed by atoms with Crippen LogP contribution in [0, 0.1) is 6.07 Å². The Labute approximate surface area is 185 Å². The molecular weight excluding hydrogens is 388 g/mol. The highest BCUT2D eigenvalue weighted by molar-refractivity contribution is 5.59. The summed E-state index contributed by atoms with van der Waals surface area (Å²) in [6.07, 6.45) is 4.53. The summed E-state index contributed by atoms with van der Waals surface area (Å²) in [4.78, 5) is 0. The Morgan fingerprint density at radius 1 is 0.548 bits per heavy atom. The molecule has 0 aliphatic heterocycles. The molecule has 3 aromatic carbocycles. The van der Waals surface area contributed by atoms with Gasteiger partial charge in [-0.1, -0.05) is 42.5 Å². The Bertz CT molecular complexity index is 949. The molecule has 0 saturated carbocycles. The van der Waals surface area contributed by atoms with Crippen molar-refractivity contribution in [2.75, 3.05) is 28.4 Å². The normalized spacial score (nSPS) is 10.6. The fraction of sp³-hybridized carbons (Fsp3) is 0.333. The number of ether oxygens (including phenoxy) is 4. The molecule has 31 heavy (non-hydrogen) atoms. The predicted molar refractivity (Wildman–Crippen MR) is 124 cm³/mol. The molecule has 1 radical (unpaired) electrons. The van der Waals surface area contributed by atoms with E-state index in [0.717, 1.165) is 49.0 Å². The van der Waals surface area contributed by atoms with Crippen LogP contribution in [0.1, 0.15) is 28.7 Å². The molecule has 0 amide bonds. The summed E-state index contributed by atoms with van der Waals surface area (Å²) in [5, 5.41) is 0. The van der Waals surface area contributed by atoms with Crippen LogP contribution in [0.4, 0.5) is 0 Å². The summed E-state index contributed by atoms with van der Waals surface area (Å²) in [6.45, 7) is 0. The van der Waals surface area contributed by atoms with Gasteiger partial charge in [-0.2, -0.15) is 0 Å². The summed E-state index contributed by atoms with van der Waals surface area (Å²) in [7, 11) is 6.67. The van der Waals surface area contributed by atoms with E-state index >= 15 is 0 Å². The minimum absolute atomic E-state index is 0.642. The number of aryl methyl sites for hydroxylation is 4. The molecule has 4 nitrogen and oxygen atoms in total. The molecule has 0 atom stereocenters. The highest BCUT2D eigenvalue weighted by Crippen LogP contribution is 2.43. The third kappa shape index (κ3) is 5.72. The van der Waals surface area contributed by atoms with E-state index in [2.05, 4.69) is 42.5 Å². The summed E-state index contributed by atoms with van der Waals surface area (Å²) in [5.74, 6) is 2.91. The van der Waals surface area contributed by atoms with E-state index in [4.69, 9.17) is 18.9 Å². The maximum Gasteiger partial charge on any atom is 0.203 e. The van der Waals surface area contributed by atoms with Gasteiger partial charge in [0.05, 0.1) is 28.4 Å². The van der Waals surface area contributed by atoms with Gasteiger partial charge in [0, 0.05) is 11.1 Å². The summed E-state index contributed by atoms with van der Waals surface area (Å²) < 4.78 is 22.4. The van der Waals surface area contributed by atoms with Gasteiger partial charge in [-0.3, -0.25) is 0 Å². The molecule has 163 valence electrons. The summed E-state index contributed by atoms with van der Waals surface area (Å²) >= 11 is 0. The van der Waals surface area contributed by atoms with Crippen molar-refractivity contribution in [1.82, 2.24) is 0 Å². The first-order valence-electron chi connectivity index (χ1n) is 10.6. The minimum Gasteiger partial charge on any atom is -0.497 e. The lowest BCUT2D eigenvalue weighted by Crippen LogP contribution is -2.05. The van der Waals surface area contributed by atoms with E-state index in [1.165, 1.54) is 11.1 Å². The zero-order chi connectivity index (χ0) is 22.1. The van der Waals surface area contributed by atoms with Crippen molar-refractivity contribution in [3.05, 3.63) is 82.9 Å². The highest BCUT2D eigenvalue weighted by Gasteiger charge is 2.21. The number of methoxy groups -OCH3 is 4. The number of hydrogen-bond donors (Lipinski definition) is 0. The molecule has 0 fully saturated rings. The molecule has 0 aliphatic rings. The lowest BCUT2D eigenvalue weighted by atomic mass is 9.97. The first-order chi connectivity index (χ1) is 15.2. The van der Waals surface area contributed by atoms with E-state index in [9.17, 15) is 0 Å². The second kappa shape index (κ2) is 11.3. The van der Waals surface area contributed by atoms with Crippen LogP contribution >= 0.6 is 0 Å². The smallest absolute Gasteiger partial charge is 0.203 e. The van der Waals surface area contributed by atoms with Crippen LogP contribution < -0.4 is 18.9 Å². The standard InChI is InChI=1S/C27H31O4/c1-28-24-17-14-21(15-18-24)13-16-23-19-22(12-8-11-20-9-6-5-7-10-20)25(29-2)27(31-4)26(23)30-3/h5-7,9-10,14-15,17-18H,8,11-13,16H2,1-4H3.